The molecule has 7 nitrogen and oxygen atoms in total. The predicted molar refractivity (Wildman–Crippen MR) is 86.2 cm³/mol. The van der Waals surface area contributed by atoms with Gasteiger partial charge >= 0.3 is 0 Å². The highest BCUT2D eigenvalue weighted by Crippen LogP contribution is 2.35. The van der Waals surface area contributed by atoms with Crippen LogP contribution in [-0.2, 0) is 21.2 Å². The SMILES string of the molecule is COc1cccc2c1OC[C@H](C(=O)NCCS(=O)(=O)N(C)C)C2. The lowest BCUT2D eigenvalue weighted by Crippen LogP contribution is -2.40. The first-order valence-corrected chi connectivity index (χ1v) is 8.92. The summed E-state index contributed by atoms with van der Waals surface area (Å²) in [6.07, 6.45) is 0.540. The highest BCUT2D eigenvalue weighted by atomic mass is 32.2. The summed E-state index contributed by atoms with van der Waals surface area (Å²) in [5, 5.41) is 2.67. The molecular weight excluding hydrogens is 320 g/mol. The third-order valence-corrected chi connectivity index (χ3v) is 5.59. The molecule has 0 bridgehead atoms. The number of ether oxygens (including phenoxy) is 2. The fraction of sp³-hybridized carbons (Fsp3) is 0.533. The maximum Gasteiger partial charge on any atom is 0.226 e. The molecule has 1 aromatic carbocycles. The Bertz CT molecular complexity index is 672. The highest BCUT2D eigenvalue weighted by molar-refractivity contribution is 7.89. The zero-order valence-corrected chi connectivity index (χ0v) is 14.4. The zero-order valence-electron chi connectivity index (χ0n) is 13.5. The molecule has 128 valence electrons. The van der Waals surface area contributed by atoms with Gasteiger partial charge in [-0.1, -0.05) is 12.1 Å². The maximum absolute atomic E-state index is 12.2. The molecule has 1 amide bonds. The van der Waals surface area contributed by atoms with Crippen LogP contribution in [0.25, 0.3) is 0 Å². The van der Waals surface area contributed by atoms with Gasteiger partial charge in [0, 0.05) is 20.6 Å². The van der Waals surface area contributed by atoms with Crippen LogP contribution in [0.1, 0.15) is 5.56 Å². The van der Waals surface area contributed by atoms with Gasteiger partial charge in [-0.05, 0) is 18.1 Å². The molecule has 1 aliphatic rings. The average Bonchev–Trinajstić information content (AvgIpc) is 2.53. The summed E-state index contributed by atoms with van der Waals surface area (Å²) in [4.78, 5) is 12.2. The van der Waals surface area contributed by atoms with Crippen molar-refractivity contribution in [1.82, 2.24) is 9.62 Å². The van der Waals surface area contributed by atoms with Gasteiger partial charge in [0.05, 0.1) is 18.8 Å². The van der Waals surface area contributed by atoms with E-state index in [0.29, 0.717) is 17.9 Å². The summed E-state index contributed by atoms with van der Waals surface area (Å²) < 4.78 is 35.3. The van der Waals surface area contributed by atoms with Crippen LogP contribution in [0.4, 0.5) is 0 Å². The molecule has 1 atom stereocenters. The Balaban J connectivity index is 1.92. The minimum absolute atomic E-state index is 0.0841. The van der Waals surface area contributed by atoms with E-state index in [2.05, 4.69) is 5.32 Å². The van der Waals surface area contributed by atoms with E-state index in [1.54, 1.807) is 7.11 Å². The third-order valence-electron chi connectivity index (χ3n) is 3.76. The fourth-order valence-corrected chi connectivity index (χ4v) is 3.08. The first-order valence-electron chi connectivity index (χ1n) is 7.31. The zero-order chi connectivity index (χ0) is 17.0. The minimum Gasteiger partial charge on any atom is -0.493 e. The van der Waals surface area contributed by atoms with Crippen LogP contribution in [0.5, 0.6) is 11.5 Å². The second-order valence-electron chi connectivity index (χ2n) is 5.55. The predicted octanol–water partition coefficient (Wildman–Crippen LogP) is 0.254. The lowest BCUT2D eigenvalue weighted by molar-refractivity contribution is -0.126. The van der Waals surface area contributed by atoms with Crippen LogP contribution in [-0.4, -0.2) is 58.7 Å². The van der Waals surface area contributed by atoms with Crippen LogP contribution in [0.2, 0.25) is 0 Å². The summed E-state index contributed by atoms with van der Waals surface area (Å²) in [6.45, 7) is 0.334. The topological polar surface area (TPSA) is 84.9 Å². The molecule has 0 spiro atoms. The van der Waals surface area contributed by atoms with E-state index >= 15 is 0 Å². The second-order valence-corrected chi connectivity index (χ2v) is 7.85. The van der Waals surface area contributed by atoms with E-state index in [1.165, 1.54) is 14.1 Å². The molecule has 0 radical (unpaired) electrons. The van der Waals surface area contributed by atoms with E-state index in [9.17, 15) is 13.2 Å². The van der Waals surface area contributed by atoms with Gasteiger partial charge in [-0.3, -0.25) is 4.79 Å². The van der Waals surface area contributed by atoms with Crippen molar-refractivity contribution in [3.8, 4) is 11.5 Å². The molecule has 0 saturated heterocycles. The van der Waals surface area contributed by atoms with Crippen LogP contribution in [0.3, 0.4) is 0 Å². The number of hydrogen-bond donors (Lipinski definition) is 1. The Morgan fingerprint density at radius 2 is 2.17 bits per heavy atom. The normalized spacial score (nSPS) is 17.3. The molecule has 1 heterocycles. The van der Waals surface area contributed by atoms with E-state index in [4.69, 9.17) is 9.47 Å². The van der Waals surface area contributed by atoms with Crippen LogP contribution < -0.4 is 14.8 Å². The molecule has 23 heavy (non-hydrogen) atoms. The van der Waals surface area contributed by atoms with Gasteiger partial charge in [-0.25, -0.2) is 12.7 Å². The van der Waals surface area contributed by atoms with Gasteiger partial charge in [-0.2, -0.15) is 0 Å². The van der Waals surface area contributed by atoms with Crippen molar-refractivity contribution < 1.29 is 22.7 Å². The molecule has 2 rings (SSSR count). The molecule has 0 fully saturated rings. The number of carbonyl (C=O) groups is 1. The van der Waals surface area contributed by atoms with Gasteiger partial charge in [0.1, 0.15) is 6.61 Å². The summed E-state index contributed by atoms with van der Waals surface area (Å²) in [7, 11) is 1.20. The van der Waals surface area contributed by atoms with Gasteiger partial charge < -0.3 is 14.8 Å². The number of rotatable bonds is 6. The number of para-hydroxylation sites is 1. The highest BCUT2D eigenvalue weighted by Gasteiger charge is 2.28. The largest absolute Gasteiger partial charge is 0.493 e. The molecule has 1 N–H and O–H groups in total. The fourth-order valence-electron chi connectivity index (χ4n) is 2.35. The molecule has 0 unspecified atom stereocenters. The number of benzene rings is 1. The van der Waals surface area contributed by atoms with Crippen molar-refractivity contribution >= 4 is 15.9 Å². The van der Waals surface area contributed by atoms with Gasteiger partial charge in [-0.15, -0.1) is 0 Å². The number of methoxy groups -OCH3 is 1. The third kappa shape index (κ3) is 4.14. The van der Waals surface area contributed by atoms with E-state index < -0.39 is 10.0 Å². The maximum atomic E-state index is 12.2. The number of amides is 1. The number of sulfonamides is 1. The van der Waals surface area contributed by atoms with Crippen molar-refractivity contribution in [3.05, 3.63) is 23.8 Å². The Labute approximate surface area is 136 Å². The molecular formula is C15H22N2O5S. The van der Waals surface area contributed by atoms with Crippen molar-refractivity contribution in [1.29, 1.82) is 0 Å². The summed E-state index contributed by atoms with van der Waals surface area (Å²) >= 11 is 0. The molecule has 1 aliphatic heterocycles. The van der Waals surface area contributed by atoms with E-state index in [-0.39, 0.29) is 30.7 Å². The first-order chi connectivity index (χ1) is 10.8. The molecule has 1 aromatic rings. The lowest BCUT2D eigenvalue weighted by Gasteiger charge is -2.25. The van der Waals surface area contributed by atoms with Crippen LogP contribution in [0.15, 0.2) is 18.2 Å². The Morgan fingerprint density at radius 1 is 1.43 bits per heavy atom. The quantitative estimate of drug-likeness (QED) is 0.801. The Morgan fingerprint density at radius 3 is 2.83 bits per heavy atom. The van der Waals surface area contributed by atoms with Crippen molar-refractivity contribution in [2.75, 3.05) is 40.1 Å². The molecule has 0 aromatic heterocycles. The standard InChI is InChI=1S/C15H22N2O5S/c1-17(2)23(19,20)8-7-16-15(18)12-9-11-5-4-6-13(21-3)14(11)22-10-12/h4-6,12H,7-10H2,1-3H3,(H,16,18)/t12-/m1/s1. The van der Waals surface area contributed by atoms with Gasteiger partial charge in [0.25, 0.3) is 0 Å². The van der Waals surface area contributed by atoms with Crippen molar-refractivity contribution in [2.24, 2.45) is 5.92 Å². The summed E-state index contributed by atoms with van der Waals surface area (Å²) in [5.74, 6) is 0.667. The first kappa shape index (κ1) is 17.6. The number of hydrogen-bond acceptors (Lipinski definition) is 5. The number of fused-ring (bicyclic) bond motifs is 1. The Hall–Kier alpha value is -1.80. The van der Waals surface area contributed by atoms with Crippen LogP contribution >= 0.6 is 0 Å². The lowest BCUT2D eigenvalue weighted by atomic mass is 9.95. The number of nitrogens with zero attached hydrogens (tertiary/aromatic N) is 1. The van der Waals surface area contributed by atoms with Crippen LogP contribution in [0, 0.1) is 5.92 Å². The second kappa shape index (κ2) is 7.18. The summed E-state index contributed by atoms with van der Waals surface area (Å²) in [5.41, 5.74) is 0.914. The van der Waals surface area contributed by atoms with E-state index in [0.717, 1.165) is 9.87 Å². The summed E-state index contributed by atoms with van der Waals surface area (Å²) in [6, 6.07) is 5.56. The minimum atomic E-state index is -3.31. The molecule has 8 heteroatoms. The molecule has 0 saturated carbocycles. The van der Waals surface area contributed by atoms with Crippen molar-refractivity contribution in [2.45, 2.75) is 6.42 Å². The monoisotopic (exact) mass is 342 g/mol. The average molecular weight is 342 g/mol. The molecule has 0 aliphatic carbocycles. The van der Waals surface area contributed by atoms with E-state index in [1.807, 2.05) is 18.2 Å². The number of nitrogens with one attached hydrogen (secondary N) is 1. The Kier molecular flexibility index (Phi) is 5.48. The van der Waals surface area contributed by atoms with Crippen molar-refractivity contribution in [3.63, 3.8) is 0 Å². The van der Waals surface area contributed by atoms with Gasteiger partial charge in [0.2, 0.25) is 15.9 Å². The number of carbonyl (C=O) groups excluding carboxylic acids is 1. The smallest absolute Gasteiger partial charge is 0.226 e. The van der Waals surface area contributed by atoms with Gasteiger partial charge in [0.15, 0.2) is 11.5 Å².